The van der Waals surface area contributed by atoms with Crippen molar-refractivity contribution >= 4 is 17.1 Å². The van der Waals surface area contributed by atoms with Crippen LogP contribution in [0.25, 0.3) is 0 Å². The van der Waals surface area contributed by atoms with Crippen molar-refractivity contribution in [1.29, 1.82) is 5.41 Å². The van der Waals surface area contributed by atoms with Crippen LogP contribution in [-0.2, 0) is 11.8 Å². The summed E-state index contributed by atoms with van der Waals surface area (Å²) in [4.78, 5) is 0. The van der Waals surface area contributed by atoms with E-state index in [-0.39, 0.29) is 11.2 Å². The molecule has 0 atom stereocenters. The number of rotatable bonds is 4. The molecule has 4 nitrogen and oxygen atoms in total. The van der Waals surface area contributed by atoms with Gasteiger partial charge in [-0.25, -0.2) is 0 Å². The highest BCUT2D eigenvalue weighted by molar-refractivity contribution is 6.50. The lowest BCUT2D eigenvalue weighted by molar-refractivity contribution is 0.448. The fraction of sp³-hybridized carbons (Fsp3) is 0.368. The van der Waals surface area contributed by atoms with Gasteiger partial charge in [0, 0.05) is 5.56 Å². The van der Waals surface area contributed by atoms with Gasteiger partial charge in [-0.1, -0.05) is 52.3 Å². The summed E-state index contributed by atoms with van der Waals surface area (Å²) in [7, 11) is 0. The lowest BCUT2D eigenvalue weighted by Gasteiger charge is -2.23. The Balaban J connectivity index is 2.39. The summed E-state index contributed by atoms with van der Waals surface area (Å²) >= 11 is 0. The number of anilines is 1. The molecule has 23 heavy (non-hydrogen) atoms. The Labute approximate surface area is 138 Å². The van der Waals surface area contributed by atoms with Gasteiger partial charge >= 0.3 is 0 Å². The molecule has 0 aliphatic heterocycles. The van der Waals surface area contributed by atoms with E-state index in [4.69, 9.17) is 5.41 Å². The van der Waals surface area contributed by atoms with Crippen molar-refractivity contribution in [2.75, 3.05) is 5.43 Å². The molecule has 0 saturated carbocycles. The van der Waals surface area contributed by atoms with Crippen LogP contribution in [0, 0.1) is 5.41 Å². The highest BCUT2D eigenvalue weighted by atomic mass is 16.3. The van der Waals surface area contributed by atoms with Gasteiger partial charge in [-0.3, -0.25) is 10.8 Å². The number of hydrogen-bond acceptors (Lipinski definition) is 4. The summed E-state index contributed by atoms with van der Waals surface area (Å²) in [6, 6.07) is 4.01. The van der Waals surface area contributed by atoms with Crippen LogP contribution < -0.4 is 5.43 Å². The fourth-order valence-electron chi connectivity index (χ4n) is 2.48. The third-order valence-corrected chi connectivity index (χ3v) is 3.72. The van der Waals surface area contributed by atoms with E-state index in [1.165, 1.54) is 5.56 Å². The molecule has 0 bridgehead atoms. The minimum atomic E-state index is -0.155. The van der Waals surface area contributed by atoms with Crippen LogP contribution in [0.5, 0.6) is 5.75 Å². The monoisotopic (exact) mass is 311 g/mol. The van der Waals surface area contributed by atoms with Gasteiger partial charge in [0.15, 0.2) is 0 Å². The van der Waals surface area contributed by atoms with Crippen molar-refractivity contribution in [3.63, 3.8) is 0 Å². The standard InChI is InChI=1S/C19H25N3O/c1-5-8-13-11-14(19(2,3)4)18(23)17(12-13)22-21-16-10-7-6-9-15(16)20/h6-7,9-12,20,22-23H,5,8H2,1-4H3/b20-15?,21-16-. The van der Waals surface area contributed by atoms with Crippen molar-refractivity contribution in [2.24, 2.45) is 5.10 Å². The maximum atomic E-state index is 10.6. The van der Waals surface area contributed by atoms with Gasteiger partial charge in [0.2, 0.25) is 0 Å². The van der Waals surface area contributed by atoms with E-state index < -0.39 is 0 Å². The zero-order chi connectivity index (χ0) is 17.0. The molecule has 0 amide bonds. The molecule has 1 aliphatic rings. The van der Waals surface area contributed by atoms with E-state index >= 15 is 0 Å². The first-order valence-electron chi connectivity index (χ1n) is 7.96. The molecule has 0 heterocycles. The van der Waals surface area contributed by atoms with Crippen LogP contribution in [0.1, 0.15) is 45.2 Å². The van der Waals surface area contributed by atoms with Crippen molar-refractivity contribution in [1.82, 2.24) is 0 Å². The molecule has 0 radical (unpaired) electrons. The molecule has 1 aromatic carbocycles. The van der Waals surface area contributed by atoms with Crippen molar-refractivity contribution in [3.05, 3.63) is 47.6 Å². The minimum Gasteiger partial charge on any atom is -0.505 e. The number of allylic oxidation sites excluding steroid dienone is 4. The first-order valence-corrected chi connectivity index (χ1v) is 7.96. The normalized spacial score (nSPS) is 16.2. The summed E-state index contributed by atoms with van der Waals surface area (Å²) in [6.45, 7) is 8.38. The Morgan fingerprint density at radius 2 is 1.87 bits per heavy atom. The number of benzene rings is 1. The Hall–Kier alpha value is -2.36. The number of aromatic hydroxyl groups is 1. The number of nitrogens with zero attached hydrogens (tertiary/aromatic N) is 1. The van der Waals surface area contributed by atoms with E-state index in [1.807, 2.05) is 12.1 Å². The van der Waals surface area contributed by atoms with E-state index in [0.717, 1.165) is 18.4 Å². The van der Waals surface area contributed by atoms with E-state index in [9.17, 15) is 5.11 Å². The Kier molecular flexibility index (Phi) is 5.04. The van der Waals surface area contributed by atoms with Gasteiger partial charge in [0.25, 0.3) is 0 Å². The van der Waals surface area contributed by atoms with Crippen LogP contribution in [-0.4, -0.2) is 16.5 Å². The molecule has 0 saturated heterocycles. The van der Waals surface area contributed by atoms with Crippen LogP contribution in [0.3, 0.4) is 0 Å². The molecular formula is C19H25N3O. The molecule has 1 aliphatic carbocycles. The molecule has 4 heteroatoms. The summed E-state index contributed by atoms with van der Waals surface area (Å²) in [5.74, 6) is 0.226. The van der Waals surface area contributed by atoms with Gasteiger partial charge in [-0.15, -0.1) is 0 Å². The summed E-state index contributed by atoms with van der Waals surface area (Å²) < 4.78 is 0. The molecule has 0 spiro atoms. The summed E-state index contributed by atoms with van der Waals surface area (Å²) in [6.07, 6.45) is 9.10. The fourth-order valence-corrected chi connectivity index (χ4v) is 2.48. The van der Waals surface area contributed by atoms with Gasteiger partial charge in [-0.05, 0) is 35.6 Å². The summed E-state index contributed by atoms with van der Waals surface area (Å²) in [5, 5.41) is 22.7. The Morgan fingerprint density at radius 3 is 2.48 bits per heavy atom. The van der Waals surface area contributed by atoms with E-state index in [0.29, 0.717) is 17.1 Å². The Morgan fingerprint density at radius 1 is 1.17 bits per heavy atom. The zero-order valence-electron chi connectivity index (χ0n) is 14.3. The number of hydrazone groups is 1. The molecular weight excluding hydrogens is 286 g/mol. The maximum Gasteiger partial charge on any atom is 0.144 e. The van der Waals surface area contributed by atoms with Gasteiger partial charge in [0.1, 0.15) is 11.5 Å². The lowest BCUT2D eigenvalue weighted by atomic mass is 9.84. The molecule has 1 aromatic rings. The van der Waals surface area contributed by atoms with Crippen molar-refractivity contribution in [2.45, 2.75) is 46.0 Å². The van der Waals surface area contributed by atoms with Gasteiger partial charge in [0.05, 0.1) is 11.4 Å². The Bertz CT molecular complexity index is 691. The average molecular weight is 311 g/mol. The van der Waals surface area contributed by atoms with Gasteiger partial charge < -0.3 is 5.11 Å². The molecule has 3 N–H and O–H groups in total. The first kappa shape index (κ1) is 17.0. The number of nitrogens with one attached hydrogen (secondary N) is 2. The number of phenolic OH excluding ortho intramolecular Hbond substituents is 1. The van der Waals surface area contributed by atoms with Crippen LogP contribution in [0.4, 0.5) is 5.69 Å². The largest absolute Gasteiger partial charge is 0.505 e. The van der Waals surface area contributed by atoms with Crippen molar-refractivity contribution < 1.29 is 5.11 Å². The first-order chi connectivity index (χ1) is 10.8. The SMILES string of the molecule is CCCc1cc(N/N=C2/C=CC=CC2=N)c(O)c(C(C)(C)C)c1. The average Bonchev–Trinajstić information content (AvgIpc) is 2.48. The third-order valence-electron chi connectivity index (χ3n) is 3.72. The lowest BCUT2D eigenvalue weighted by Crippen LogP contribution is -2.14. The highest BCUT2D eigenvalue weighted by Gasteiger charge is 2.21. The highest BCUT2D eigenvalue weighted by Crippen LogP contribution is 2.37. The second-order valence-electron chi connectivity index (χ2n) is 6.78. The smallest absolute Gasteiger partial charge is 0.144 e. The van der Waals surface area contributed by atoms with E-state index in [1.54, 1.807) is 18.2 Å². The van der Waals surface area contributed by atoms with Crippen LogP contribution >= 0.6 is 0 Å². The predicted octanol–water partition coefficient (Wildman–Crippen LogP) is 4.56. The molecule has 122 valence electrons. The maximum absolute atomic E-state index is 10.6. The van der Waals surface area contributed by atoms with E-state index in [2.05, 4.69) is 44.3 Å². The number of phenols is 1. The zero-order valence-corrected chi connectivity index (χ0v) is 14.3. The summed E-state index contributed by atoms with van der Waals surface area (Å²) in [5.41, 5.74) is 6.34. The van der Waals surface area contributed by atoms with Crippen LogP contribution in [0.15, 0.2) is 41.5 Å². The van der Waals surface area contributed by atoms with Crippen LogP contribution in [0.2, 0.25) is 0 Å². The molecule has 0 fully saturated rings. The second kappa shape index (κ2) is 6.82. The number of aryl methyl sites for hydroxylation is 1. The topological polar surface area (TPSA) is 68.5 Å². The quantitative estimate of drug-likeness (QED) is 0.433. The van der Waals surface area contributed by atoms with Gasteiger partial charge in [-0.2, -0.15) is 5.10 Å². The second-order valence-corrected chi connectivity index (χ2v) is 6.78. The molecule has 0 unspecified atom stereocenters. The predicted molar refractivity (Wildman–Crippen MR) is 97.9 cm³/mol. The molecule has 2 rings (SSSR count). The molecule has 0 aromatic heterocycles. The third kappa shape index (κ3) is 4.09. The number of hydrogen-bond donors (Lipinski definition) is 3. The minimum absolute atomic E-state index is 0.155. The van der Waals surface area contributed by atoms with Crippen molar-refractivity contribution in [3.8, 4) is 5.75 Å².